The van der Waals surface area contributed by atoms with Crippen molar-refractivity contribution < 1.29 is 0 Å². The molecule has 0 spiro atoms. The van der Waals surface area contributed by atoms with Crippen molar-refractivity contribution in [1.29, 1.82) is 0 Å². The van der Waals surface area contributed by atoms with Gasteiger partial charge < -0.3 is 5.32 Å². The first-order valence-corrected chi connectivity index (χ1v) is 4.95. The molecule has 5 heteroatoms. The first kappa shape index (κ1) is 9.64. The normalized spacial score (nSPS) is 10.2. The number of anilines is 1. The molecule has 2 aromatic rings. The Morgan fingerprint density at radius 1 is 1.40 bits per heavy atom. The van der Waals surface area contributed by atoms with E-state index >= 15 is 0 Å². The third-order valence-corrected chi connectivity index (χ3v) is 1.98. The molecule has 1 N–H and O–H groups in total. The van der Waals surface area contributed by atoms with Gasteiger partial charge in [-0.25, -0.2) is 14.6 Å². The summed E-state index contributed by atoms with van der Waals surface area (Å²) in [5.74, 6) is 0.773. The highest BCUT2D eigenvalue weighted by Crippen LogP contribution is 2.08. The van der Waals surface area contributed by atoms with Crippen LogP contribution in [0.3, 0.4) is 0 Å². The number of nitrogens with one attached hydrogen (secondary N) is 1. The number of nitrogens with zero attached hydrogens (tertiary/aromatic N) is 4. The van der Waals surface area contributed by atoms with Gasteiger partial charge >= 0.3 is 0 Å². The average molecular weight is 203 g/mol. The SMILES string of the molecule is CCCNc1ccc(-n2cncn2)nc1. The molecule has 0 saturated carbocycles. The zero-order valence-electron chi connectivity index (χ0n) is 8.59. The predicted molar refractivity (Wildman–Crippen MR) is 57.9 cm³/mol. The molecule has 0 amide bonds. The number of hydrogen-bond acceptors (Lipinski definition) is 4. The zero-order valence-corrected chi connectivity index (χ0v) is 8.59. The van der Waals surface area contributed by atoms with Gasteiger partial charge in [0.2, 0.25) is 0 Å². The summed E-state index contributed by atoms with van der Waals surface area (Å²) in [6.07, 6.45) is 6.02. The molecule has 0 fully saturated rings. The molecular formula is C10H13N5. The summed E-state index contributed by atoms with van der Waals surface area (Å²) < 4.78 is 1.63. The van der Waals surface area contributed by atoms with E-state index in [-0.39, 0.29) is 0 Å². The fourth-order valence-corrected chi connectivity index (χ4v) is 1.22. The molecule has 0 unspecified atom stereocenters. The Morgan fingerprint density at radius 2 is 2.33 bits per heavy atom. The Labute approximate surface area is 88.2 Å². The predicted octanol–water partition coefficient (Wildman–Crippen LogP) is 1.48. The van der Waals surface area contributed by atoms with Gasteiger partial charge in [0, 0.05) is 6.54 Å². The molecule has 0 bridgehead atoms. The fraction of sp³-hybridized carbons (Fsp3) is 0.300. The lowest BCUT2D eigenvalue weighted by molar-refractivity contribution is 0.845. The molecule has 0 radical (unpaired) electrons. The molecule has 0 saturated heterocycles. The minimum atomic E-state index is 0.773. The van der Waals surface area contributed by atoms with Gasteiger partial charge in [-0.2, -0.15) is 5.10 Å². The molecule has 0 aliphatic rings. The Bertz CT molecular complexity index is 392. The minimum Gasteiger partial charge on any atom is -0.384 e. The van der Waals surface area contributed by atoms with Crippen LogP contribution in [-0.2, 0) is 0 Å². The maximum Gasteiger partial charge on any atom is 0.155 e. The Balaban J connectivity index is 2.11. The molecule has 2 rings (SSSR count). The fourth-order valence-electron chi connectivity index (χ4n) is 1.22. The van der Waals surface area contributed by atoms with E-state index in [1.54, 1.807) is 17.2 Å². The Hall–Kier alpha value is -1.91. The van der Waals surface area contributed by atoms with Crippen LogP contribution in [0.4, 0.5) is 5.69 Å². The van der Waals surface area contributed by atoms with E-state index in [2.05, 4.69) is 27.3 Å². The van der Waals surface area contributed by atoms with E-state index in [1.807, 2.05) is 12.1 Å². The van der Waals surface area contributed by atoms with Crippen LogP contribution >= 0.6 is 0 Å². The van der Waals surface area contributed by atoms with Gasteiger partial charge in [-0.05, 0) is 18.6 Å². The quantitative estimate of drug-likeness (QED) is 0.817. The summed E-state index contributed by atoms with van der Waals surface area (Å²) in [4.78, 5) is 8.14. The van der Waals surface area contributed by atoms with Crippen LogP contribution < -0.4 is 5.32 Å². The molecular weight excluding hydrogens is 190 g/mol. The summed E-state index contributed by atoms with van der Waals surface area (Å²) >= 11 is 0. The van der Waals surface area contributed by atoms with Crippen molar-refractivity contribution in [1.82, 2.24) is 19.7 Å². The van der Waals surface area contributed by atoms with Gasteiger partial charge in [0.05, 0.1) is 11.9 Å². The van der Waals surface area contributed by atoms with Crippen molar-refractivity contribution in [2.75, 3.05) is 11.9 Å². The molecule has 2 aromatic heterocycles. The second-order valence-electron chi connectivity index (χ2n) is 3.17. The zero-order chi connectivity index (χ0) is 10.5. The highest BCUT2D eigenvalue weighted by Gasteiger charge is 1.97. The monoisotopic (exact) mass is 203 g/mol. The molecule has 0 aliphatic carbocycles. The lowest BCUT2D eigenvalue weighted by Crippen LogP contribution is -2.02. The maximum absolute atomic E-state index is 4.27. The maximum atomic E-state index is 4.27. The van der Waals surface area contributed by atoms with Crippen LogP contribution in [-0.4, -0.2) is 26.3 Å². The van der Waals surface area contributed by atoms with Crippen LogP contribution in [0.15, 0.2) is 31.0 Å². The van der Waals surface area contributed by atoms with E-state index < -0.39 is 0 Å². The van der Waals surface area contributed by atoms with Gasteiger partial charge in [0.15, 0.2) is 5.82 Å². The second-order valence-corrected chi connectivity index (χ2v) is 3.17. The van der Waals surface area contributed by atoms with Gasteiger partial charge in [-0.15, -0.1) is 0 Å². The first-order chi connectivity index (χ1) is 7.40. The third kappa shape index (κ3) is 2.31. The summed E-state index contributed by atoms with van der Waals surface area (Å²) in [7, 11) is 0. The largest absolute Gasteiger partial charge is 0.384 e. The summed E-state index contributed by atoms with van der Waals surface area (Å²) in [6, 6.07) is 3.90. The van der Waals surface area contributed by atoms with Gasteiger partial charge in [0.25, 0.3) is 0 Å². The number of aromatic nitrogens is 4. The third-order valence-electron chi connectivity index (χ3n) is 1.98. The summed E-state index contributed by atoms with van der Waals surface area (Å²) in [5, 5.41) is 7.26. The molecule has 15 heavy (non-hydrogen) atoms. The highest BCUT2D eigenvalue weighted by molar-refractivity contribution is 5.43. The van der Waals surface area contributed by atoms with E-state index in [9.17, 15) is 0 Å². The van der Waals surface area contributed by atoms with Crippen LogP contribution in [0, 0.1) is 0 Å². The van der Waals surface area contributed by atoms with E-state index in [4.69, 9.17) is 0 Å². The number of hydrogen-bond donors (Lipinski definition) is 1. The topological polar surface area (TPSA) is 55.6 Å². The smallest absolute Gasteiger partial charge is 0.155 e. The lowest BCUT2D eigenvalue weighted by atomic mass is 10.4. The van der Waals surface area contributed by atoms with E-state index in [1.165, 1.54) is 6.33 Å². The Kier molecular flexibility index (Phi) is 2.92. The highest BCUT2D eigenvalue weighted by atomic mass is 15.3. The van der Waals surface area contributed by atoms with E-state index in [0.29, 0.717) is 0 Å². The van der Waals surface area contributed by atoms with Gasteiger partial charge in [0.1, 0.15) is 12.7 Å². The minimum absolute atomic E-state index is 0.773. The molecule has 0 aliphatic heterocycles. The number of rotatable bonds is 4. The van der Waals surface area contributed by atoms with Crippen molar-refractivity contribution in [3.63, 3.8) is 0 Å². The van der Waals surface area contributed by atoms with Crippen LogP contribution in [0.2, 0.25) is 0 Å². The summed E-state index contributed by atoms with van der Waals surface area (Å²) in [6.45, 7) is 3.09. The molecule has 78 valence electrons. The van der Waals surface area contributed by atoms with Crippen molar-refractivity contribution in [2.24, 2.45) is 0 Å². The van der Waals surface area contributed by atoms with Crippen LogP contribution in [0.5, 0.6) is 0 Å². The van der Waals surface area contributed by atoms with Crippen molar-refractivity contribution >= 4 is 5.69 Å². The first-order valence-electron chi connectivity index (χ1n) is 4.95. The van der Waals surface area contributed by atoms with Gasteiger partial charge in [-0.3, -0.25) is 0 Å². The molecule has 5 nitrogen and oxygen atoms in total. The lowest BCUT2D eigenvalue weighted by Gasteiger charge is -2.04. The van der Waals surface area contributed by atoms with Crippen LogP contribution in [0.25, 0.3) is 5.82 Å². The Morgan fingerprint density at radius 3 is 2.93 bits per heavy atom. The summed E-state index contributed by atoms with van der Waals surface area (Å²) in [5.41, 5.74) is 1.03. The van der Waals surface area contributed by atoms with Gasteiger partial charge in [-0.1, -0.05) is 6.92 Å². The molecule has 0 aromatic carbocycles. The molecule has 2 heterocycles. The van der Waals surface area contributed by atoms with Crippen LogP contribution in [0.1, 0.15) is 13.3 Å². The average Bonchev–Trinajstić information content (AvgIpc) is 2.80. The van der Waals surface area contributed by atoms with E-state index in [0.717, 1.165) is 24.5 Å². The number of pyridine rings is 1. The van der Waals surface area contributed by atoms with Crippen molar-refractivity contribution in [3.8, 4) is 5.82 Å². The standard InChI is InChI=1S/C10H13N5/c1-2-5-12-9-3-4-10(13-6-9)15-8-11-7-14-15/h3-4,6-8,12H,2,5H2,1H3. The second kappa shape index (κ2) is 4.54. The van der Waals surface area contributed by atoms with Crippen molar-refractivity contribution in [3.05, 3.63) is 31.0 Å². The molecule has 0 atom stereocenters. The van der Waals surface area contributed by atoms with Crippen molar-refractivity contribution in [2.45, 2.75) is 13.3 Å².